The summed E-state index contributed by atoms with van der Waals surface area (Å²) in [5.41, 5.74) is 6.05. The molecular formula is C14H22N2O2S. The molecule has 2 atom stereocenters. The number of nitrogen functional groups attached to an aromatic ring is 1. The SMILES string of the molecule is CC1CCCC(NS(=O)(=O)c2ccccc2N)CC1. The number of benzene rings is 1. The second-order valence-electron chi connectivity index (χ2n) is 5.47. The van der Waals surface area contributed by atoms with Gasteiger partial charge in [-0.05, 0) is 37.3 Å². The van der Waals surface area contributed by atoms with E-state index >= 15 is 0 Å². The average molecular weight is 282 g/mol. The molecule has 1 aromatic carbocycles. The minimum absolute atomic E-state index is 0.0366. The van der Waals surface area contributed by atoms with Crippen LogP contribution in [0.4, 0.5) is 5.69 Å². The van der Waals surface area contributed by atoms with Crippen molar-refractivity contribution in [2.75, 3.05) is 5.73 Å². The Bertz CT molecular complexity index is 528. The second kappa shape index (κ2) is 5.92. The molecule has 1 aromatic rings. The summed E-state index contributed by atoms with van der Waals surface area (Å²) in [6.45, 7) is 2.23. The fourth-order valence-corrected chi connectivity index (χ4v) is 4.05. The fourth-order valence-electron chi connectivity index (χ4n) is 2.61. The fraction of sp³-hybridized carbons (Fsp3) is 0.571. The van der Waals surface area contributed by atoms with Gasteiger partial charge in [-0.15, -0.1) is 0 Å². The third-order valence-electron chi connectivity index (χ3n) is 3.79. The summed E-state index contributed by atoms with van der Waals surface area (Å²) in [6.07, 6.45) is 5.17. The Morgan fingerprint density at radius 2 is 1.89 bits per heavy atom. The van der Waals surface area contributed by atoms with Crippen LogP contribution in [0.15, 0.2) is 29.2 Å². The number of sulfonamides is 1. The third-order valence-corrected chi connectivity index (χ3v) is 5.38. The zero-order valence-corrected chi connectivity index (χ0v) is 12.1. The van der Waals surface area contributed by atoms with E-state index in [4.69, 9.17) is 5.73 Å². The lowest BCUT2D eigenvalue weighted by Crippen LogP contribution is -2.34. The molecule has 0 radical (unpaired) electrons. The minimum atomic E-state index is -3.50. The van der Waals surface area contributed by atoms with Crippen molar-refractivity contribution in [2.24, 2.45) is 5.92 Å². The molecule has 1 saturated carbocycles. The van der Waals surface area contributed by atoms with Gasteiger partial charge in [0.15, 0.2) is 0 Å². The summed E-state index contributed by atoms with van der Waals surface area (Å²) in [6, 6.07) is 6.64. The highest BCUT2D eigenvalue weighted by atomic mass is 32.2. The van der Waals surface area contributed by atoms with Crippen LogP contribution in [0.1, 0.15) is 39.0 Å². The van der Waals surface area contributed by atoms with Gasteiger partial charge in [0.05, 0.1) is 5.69 Å². The van der Waals surface area contributed by atoms with Crippen LogP contribution in [0.5, 0.6) is 0 Å². The van der Waals surface area contributed by atoms with Crippen molar-refractivity contribution in [1.29, 1.82) is 0 Å². The quantitative estimate of drug-likeness (QED) is 0.661. The Labute approximate surface area is 115 Å². The monoisotopic (exact) mass is 282 g/mol. The highest BCUT2D eigenvalue weighted by Crippen LogP contribution is 2.25. The molecule has 0 heterocycles. The van der Waals surface area contributed by atoms with Crippen molar-refractivity contribution >= 4 is 15.7 Å². The van der Waals surface area contributed by atoms with Crippen molar-refractivity contribution in [3.8, 4) is 0 Å². The minimum Gasteiger partial charge on any atom is -0.398 e. The van der Waals surface area contributed by atoms with E-state index in [9.17, 15) is 8.42 Å². The Kier molecular flexibility index (Phi) is 4.47. The molecule has 2 unspecified atom stereocenters. The lowest BCUT2D eigenvalue weighted by atomic mass is 10.0. The molecule has 0 amide bonds. The molecule has 4 nitrogen and oxygen atoms in total. The Balaban J connectivity index is 2.11. The summed E-state index contributed by atoms with van der Waals surface area (Å²) in [7, 11) is -3.50. The highest BCUT2D eigenvalue weighted by Gasteiger charge is 2.23. The van der Waals surface area contributed by atoms with Crippen LogP contribution in [0, 0.1) is 5.92 Å². The largest absolute Gasteiger partial charge is 0.398 e. The molecule has 3 N–H and O–H groups in total. The molecule has 2 rings (SSSR count). The molecule has 0 aromatic heterocycles. The maximum Gasteiger partial charge on any atom is 0.242 e. The first-order chi connectivity index (χ1) is 8.99. The molecule has 1 aliphatic carbocycles. The standard InChI is InChI=1S/C14H22N2O2S/c1-11-5-4-6-12(10-9-11)16-19(17,18)14-8-3-2-7-13(14)15/h2-3,7-8,11-12,16H,4-6,9-10,15H2,1H3. The predicted molar refractivity (Wildman–Crippen MR) is 77.2 cm³/mol. The lowest BCUT2D eigenvalue weighted by molar-refractivity contribution is 0.484. The van der Waals surface area contributed by atoms with E-state index in [1.165, 1.54) is 6.42 Å². The van der Waals surface area contributed by atoms with Crippen molar-refractivity contribution in [3.05, 3.63) is 24.3 Å². The summed E-state index contributed by atoms with van der Waals surface area (Å²) in [4.78, 5) is 0.187. The molecule has 0 saturated heterocycles. The van der Waals surface area contributed by atoms with Crippen molar-refractivity contribution in [2.45, 2.75) is 50.0 Å². The molecule has 1 aliphatic rings. The van der Waals surface area contributed by atoms with Gasteiger partial charge >= 0.3 is 0 Å². The molecular weight excluding hydrogens is 260 g/mol. The van der Waals surface area contributed by atoms with Gasteiger partial charge < -0.3 is 5.73 Å². The van der Waals surface area contributed by atoms with Gasteiger partial charge in [0, 0.05) is 6.04 Å². The van der Waals surface area contributed by atoms with Crippen LogP contribution in [0.3, 0.4) is 0 Å². The Hall–Kier alpha value is -1.07. The van der Waals surface area contributed by atoms with Crippen LogP contribution >= 0.6 is 0 Å². The summed E-state index contributed by atoms with van der Waals surface area (Å²) in [5.74, 6) is 0.691. The van der Waals surface area contributed by atoms with E-state index in [1.54, 1.807) is 24.3 Å². The number of para-hydroxylation sites is 1. The van der Waals surface area contributed by atoms with Crippen LogP contribution in [0.25, 0.3) is 0 Å². The molecule has 19 heavy (non-hydrogen) atoms. The topological polar surface area (TPSA) is 72.2 Å². The third kappa shape index (κ3) is 3.70. The summed E-state index contributed by atoms with van der Waals surface area (Å²) in [5, 5.41) is 0. The number of anilines is 1. The number of hydrogen-bond donors (Lipinski definition) is 2. The van der Waals surface area contributed by atoms with Gasteiger partial charge in [-0.25, -0.2) is 13.1 Å². The number of rotatable bonds is 3. The first kappa shape index (κ1) is 14.3. The number of nitrogens with one attached hydrogen (secondary N) is 1. The van der Waals surface area contributed by atoms with Gasteiger partial charge in [-0.3, -0.25) is 0 Å². The highest BCUT2D eigenvalue weighted by molar-refractivity contribution is 7.89. The van der Waals surface area contributed by atoms with E-state index in [0.29, 0.717) is 11.6 Å². The van der Waals surface area contributed by atoms with Crippen LogP contribution in [-0.4, -0.2) is 14.5 Å². The van der Waals surface area contributed by atoms with E-state index in [0.717, 1.165) is 25.7 Å². The maximum absolute atomic E-state index is 12.3. The smallest absolute Gasteiger partial charge is 0.242 e. The molecule has 5 heteroatoms. The second-order valence-corrected chi connectivity index (χ2v) is 7.15. The summed E-state index contributed by atoms with van der Waals surface area (Å²) >= 11 is 0. The van der Waals surface area contributed by atoms with E-state index in [1.807, 2.05) is 0 Å². The van der Waals surface area contributed by atoms with Crippen LogP contribution in [0.2, 0.25) is 0 Å². The van der Waals surface area contributed by atoms with Crippen molar-refractivity contribution < 1.29 is 8.42 Å². The summed E-state index contributed by atoms with van der Waals surface area (Å²) < 4.78 is 27.5. The van der Waals surface area contributed by atoms with Crippen molar-refractivity contribution in [1.82, 2.24) is 4.72 Å². The lowest BCUT2D eigenvalue weighted by Gasteiger charge is -2.17. The van der Waals surface area contributed by atoms with E-state index in [2.05, 4.69) is 11.6 Å². The first-order valence-corrected chi connectivity index (χ1v) is 8.34. The van der Waals surface area contributed by atoms with Gasteiger partial charge in [-0.1, -0.05) is 31.9 Å². The van der Waals surface area contributed by atoms with Crippen LogP contribution < -0.4 is 10.5 Å². The maximum atomic E-state index is 12.3. The number of nitrogens with two attached hydrogens (primary N) is 1. The normalized spacial score (nSPS) is 24.9. The van der Waals surface area contributed by atoms with Gasteiger partial charge in [-0.2, -0.15) is 0 Å². The zero-order valence-electron chi connectivity index (χ0n) is 11.3. The molecule has 0 bridgehead atoms. The molecule has 106 valence electrons. The average Bonchev–Trinajstić information content (AvgIpc) is 2.54. The first-order valence-electron chi connectivity index (χ1n) is 6.86. The van der Waals surface area contributed by atoms with Gasteiger partial charge in [0.25, 0.3) is 0 Å². The van der Waals surface area contributed by atoms with E-state index in [-0.39, 0.29) is 10.9 Å². The molecule has 0 aliphatic heterocycles. The van der Waals surface area contributed by atoms with E-state index < -0.39 is 10.0 Å². The Morgan fingerprint density at radius 3 is 2.63 bits per heavy atom. The van der Waals surface area contributed by atoms with Gasteiger partial charge in [0.1, 0.15) is 4.90 Å². The van der Waals surface area contributed by atoms with Gasteiger partial charge in [0.2, 0.25) is 10.0 Å². The molecule has 1 fully saturated rings. The van der Waals surface area contributed by atoms with Crippen LogP contribution in [-0.2, 0) is 10.0 Å². The number of hydrogen-bond acceptors (Lipinski definition) is 3. The molecule has 0 spiro atoms. The van der Waals surface area contributed by atoms with Crippen molar-refractivity contribution in [3.63, 3.8) is 0 Å². The predicted octanol–water partition coefficient (Wildman–Crippen LogP) is 2.52. The Morgan fingerprint density at radius 1 is 1.16 bits per heavy atom. The zero-order chi connectivity index (χ0) is 13.9.